The Kier molecular flexibility index (Phi) is 8.05. The lowest BCUT2D eigenvalue weighted by molar-refractivity contribution is -0.147. The van der Waals surface area contributed by atoms with E-state index in [2.05, 4.69) is 10.2 Å². The van der Waals surface area contributed by atoms with Gasteiger partial charge in [-0.05, 0) is 57.0 Å². The SMILES string of the molecule is CCC(C)C(=O)OCCc1ccc(OC(=O)OC(C)(C)C)c(-n2nc3cc(Cl)c(Cl)cc3n2)c1. The minimum Gasteiger partial charge on any atom is -0.465 e. The first-order valence-corrected chi connectivity index (χ1v) is 11.6. The molecule has 3 rings (SSSR count). The number of fused-ring (bicyclic) bond motifs is 1. The maximum Gasteiger partial charge on any atom is 0.514 e. The van der Waals surface area contributed by atoms with E-state index in [1.165, 1.54) is 4.80 Å². The van der Waals surface area contributed by atoms with E-state index < -0.39 is 11.8 Å². The fraction of sp³-hybridized carbons (Fsp3) is 0.417. The summed E-state index contributed by atoms with van der Waals surface area (Å²) >= 11 is 12.2. The summed E-state index contributed by atoms with van der Waals surface area (Å²) in [5.74, 6) is -0.187. The van der Waals surface area contributed by atoms with Crippen molar-refractivity contribution >= 4 is 46.4 Å². The molecule has 0 saturated heterocycles. The predicted molar refractivity (Wildman–Crippen MR) is 130 cm³/mol. The molecule has 0 amide bonds. The maximum atomic E-state index is 12.3. The lowest BCUT2D eigenvalue weighted by atomic mass is 10.1. The van der Waals surface area contributed by atoms with Gasteiger partial charge >= 0.3 is 12.1 Å². The molecule has 0 radical (unpaired) electrons. The summed E-state index contributed by atoms with van der Waals surface area (Å²) in [5, 5.41) is 9.61. The Hall–Kier alpha value is -2.84. The molecular weight excluding hydrogens is 481 g/mol. The van der Waals surface area contributed by atoms with Gasteiger partial charge < -0.3 is 14.2 Å². The van der Waals surface area contributed by atoms with Gasteiger partial charge in [0.25, 0.3) is 0 Å². The van der Waals surface area contributed by atoms with Crippen LogP contribution in [0.1, 0.15) is 46.6 Å². The van der Waals surface area contributed by atoms with Crippen LogP contribution in [0.25, 0.3) is 16.7 Å². The lowest BCUT2D eigenvalue weighted by Crippen LogP contribution is -2.26. The molecule has 1 atom stereocenters. The van der Waals surface area contributed by atoms with Crippen molar-refractivity contribution in [2.24, 2.45) is 5.92 Å². The normalized spacial score (nSPS) is 12.4. The topological polar surface area (TPSA) is 92.5 Å². The monoisotopic (exact) mass is 507 g/mol. The van der Waals surface area contributed by atoms with Crippen molar-refractivity contribution in [1.82, 2.24) is 15.0 Å². The van der Waals surface area contributed by atoms with Gasteiger partial charge in [0.2, 0.25) is 0 Å². The average Bonchev–Trinajstić information content (AvgIpc) is 3.15. The number of hydrogen-bond acceptors (Lipinski definition) is 7. The van der Waals surface area contributed by atoms with Crippen molar-refractivity contribution in [3.63, 3.8) is 0 Å². The highest BCUT2D eigenvalue weighted by atomic mass is 35.5. The number of nitrogens with zero attached hydrogens (tertiary/aromatic N) is 3. The van der Waals surface area contributed by atoms with Gasteiger partial charge in [-0.3, -0.25) is 4.79 Å². The van der Waals surface area contributed by atoms with Crippen molar-refractivity contribution in [2.75, 3.05) is 6.61 Å². The number of esters is 1. The van der Waals surface area contributed by atoms with Crippen molar-refractivity contribution in [3.8, 4) is 11.4 Å². The molecule has 10 heteroatoms. The average molecular weight is 508 g/mol. The van der Waals surface area contributed by atoms with Crippen LogP contribution in [0, 0.1) is 5.92 Å². The first kappa shape index (κ1) is 25.8. The van der Waals surface area contributed by atoms with E-state index in [-0.39, 0.29) is 24.2 Å². The zero-order valence-corrected chi connectivity index (χ0v) is 21.2. The number of ether oxygens (including phenoxy) is 3. The Bertz CT molecular complexity index is 1160. The van der Waals surface area contributed by atoms with Gasteiger partial charge in [0, 0.05) is 6.42 Å². The van der Waals surface area contributed by atoms with Crippen LogP contribution in [0.5, 0.6) is 5.75 Å². The molecule has 8 nitrogen and oxygen atoms in total. The van der Waals surface area contributed by atoms with Gasteiger partial charge in [-0.2, -0.15) is 0 Å². The number of benzene rings is 2. The number of aromatic nitrogens is 3. The molecule has 182 valence electrons. The highest BCUT2D eigenvalue weighted by Crippen LogP contribution is 2.29. The molecule has 0 saturated carbocycles. The number of halogens is 2. The Morgan fingerprint density at radius 2 is 1.68 bits per heavy atom. The van der Waals surface area contributed by atoms with Gasteiger partial charge in [0.1, 0.15) is 22.3 Å². The molecule has 2 aromatic carbocycles. The van der Waals surface area contributed by atoms with E-state index >= 15 is 0 Å². The molecule has 0 fully saturated rings. The van der Waals surface area contributed by atoms with E-state index in [4.69, 9.17) is 37.4 Å². The summed E-state index contributed by atoms with van der Waals surface area (Å²) in [6.45, 7) is 9.21. The number of rotatable bonds is 7. The van der Waals surface area contributed by atoms with Crippen molar-refractivity contribution in [3.05, 3.63) is 45.9 Å². The summed E-state index contributed by atoms with van der Waals surface area (Å²) in [4.78, 5) is 25.6. The molecule has 1 heterocycles. The van der Waals surface area contributed by atoms with Crippen LogP contribution in [0.3, 0.4) is 0 Å². The summed E-state index contributed by atoms with van der Waals surface area (Å²) in [7, 11) is 0. The van der Waals surface area contributed by atoms with Crippen LogP contribution in [0.4, 0.5) is 4.79 Å². The smallest absolute Gasteiger partial charge is 0.465 e. The Balaban J connectivity index is 1.92. The number of carbonyl (C=O) groups is 2. The molecule has 0 spiro atoms. The van der Waals surface area contributed by atoms with Crippen molar-refractivity contribution in [2.45, 2.75) is 53.1 Å². The van der Waals surface area contributed by atoms with Gasteiger partial charge in [0.05, 0.1) is 22.6 Å². The Morgan fingerprint density at radius 1 is 1.06 bits per heavy atom. The first-order valence-electron chi connectivity index (χ1n) is 10.9. The second kappa shape index (κ2) is 10.6. The van der Waals surface area contributed by atoms with Gasteiger partial charge in [-0.1, -0.05) is 43.1 Å². The Morgan fingerprint density at radius 3 is 2.24 bits per heavy atom. The highest BCUT2D eigenvalue weighted by molar-refractivity contribution is 6.42. The largest absolute Gasteiger partial charge is 0.514 e. The van der Waals surface area contributed by atoms with Gasteiger partial charge in [0.15, 0.2) is 5.75 Å². The van der Waals surface area contributed by atoms with Gasteiger partial charge in [-0.25, -0.2) is 4.79 Å². The predicted octanol–water partition coefficient (Wildman–Crippen LogP) is 6.17. The molecule has 34 heavy (non-hydrogen) atoms. The van der Waals surface area contributed by atoms with E-state index in [1.807, 2.05) is 13.8 Å². The lowest BCUT2D eigenvalue weighted by Gasteiger charge is -2.19. The van der Waals surface area contributed by atoms with Crippen LogP contribution in [0.15, 0.2) is 30.3 Å². The molecule has 0 aliphatic rings. The zero-order valence-electron chi connectivity index (χ0n) is 19.7. The molecule has 0 N–H and O–H groups in total. The van der Waals surface area contributed by atoms with E-state index in [1.54, 1.807) is 51.1 Å². The van der Waals surface area contributed by atoms with Crippen LogP contribution < -0.4 is 4.74 Å². The second-order valence-corrected chi connectivity index (χ2v) is 9.65. The summed E-state index contributed by atoms with van der Waals surface area (Å²) in [6.07, 6.45) is 0.318. The van der Waals surface area contributed by atoms with Crippen LogP contribution in [0.2, 0.25) is 10.0 Å². The minimum atomic E-state index is -0.855. The standard InChI is InChI=1S/C24H27Cl2N3O5/c1-6-14(2)22(30)32-10-9-15-7-8-21(33-23(31)34-24(3,4)5)20(11-15)29-27-18-12-16(25)17(26)13-19(18)28-29/h7-8,11-14H,6,9-10H2,1-5H3. The fourth-order valence-electron chi connectivity index (χ4n) is 2.92. The van der Waals surface area contributed by atoms with E-state index in [0.717, 1.165) is 5.56 Å². The fourth-order valence-corrected chi connectivity index (χ4v) is 3.24. The van der Waals surface area contributed by atoms with Crippen LogP contribution >= 0.6 is 23.2 Å². The highest BCUT2D eigenvalue weighted by Gasteiger charge is 2.21. The number of hydrogen-bond donors (Lipinski definition) is 0. The zero-order chi connectivity index (χ0) is 25.0. The molecule has 1 unspecified atom stereocenters. The van der Waals surface area contributed by atoms with E-state index in [9.17, 15) is 9.59 Å². The molecule has 0 aliphatic carbocycles. The van der Waals surface area contributed by atoms with Crippen molar-refractivity contribution < 1.29 is 23.8 Å². The van der Waals surface area contributed by atoms with E-state index in [0.29, 0.717) is 39.6 Å². The van der Waals surface area contributed by atoms with Crippen LogP contribution in [-0.4, -0.2) is 39.3 Å². The molecule has 3 aromatic rings. The van der Waals surface area contributed by atoms with Crippen molar-refractivity contribution in [1.29, 1.82) is 0 Å². The third-order valence-corrected chi connectivity index (χ3v) is 5.62. The molecular formula is C24H27Cl2N3O5. The number of carbonyl (C=O) groups excluding carboxylic acids is 2. The summed E-state index contributed by atoms with van der Waals surface area (Å²) in [5.41, 5.74) is 1.56. The molecule has 0 bridgehead atoms. The van der Waals surface area contributed by atoms with Crippen LogP contribution in [-0.2, 0) is 20.7 Å². The quantitative estimate of drug-likeness (QED) is 0.278. The third-order valence-electron chi connectivity index (χ3n) is 4.89. The molecule has 1 aromatic heterocycles. The Labute approximate surface area is 208 Å². The van der Waals surface area contributed by atoms with Gasteiger partial charge in [-0.15, -0.1) is 15.0 Å². The second-order valence-electron chi connectivity index (χ2n) is 8.84. The maximum absolute atomic E-state index is 12.3. The summed E-state index contributed by atoms with van der Waals surface area (Å²) < 4.78 is 16.1. The third kappa shape index (κ3) is 6.61. The minimum absolute atomic E-state index is 0.153. The first-order chi connectivity index (χ1) is 16.0. The molecule has 0 aliphatic heterocycles. The summed E-state index contributed by atoms with van der Waals surface area (Å²) in [6, 6.07) is 8.37.